The maximum absolute atomic E-state index is 6.47. The first kappa shape index (κ1) is 30.4. The minimum Gasteiger partial charge on any atom is -0.456 e. The smallest absolute Gasteiger partial charge is 0.160 e. The third-order valence-corrected chi connectivity index (χ3v) is 10.5. The number of nitrogens with one attached hydrogen (secondary N) is 1. The predicted octanol–water partition coefficient (Wildman–Crippen LogP) is 12.5. The molecule has 5 heteroatoms. The Hall–Kier alpha value is -7.24. The number of fused-ring (bicyclic) bond motifs is 7. The van der Waals surface area contributed by atoms with Crippen molar-refractivity contribution in [2.75, 3.05) is 0 Å². The Morgan fingerprint density at radius 2 is 1.09 bits per heavy atom. The maximum atomic E-state index is 6.47. The van der Waals surface area contributed by atoms with Gasteiger partial charge in [-0.15, -0.1) is 0 Å². The highest BCUT2D eigenvalue weighted by atomic mass is 16.3. The van der Waals surface area contributed by atoms with Gasteiger partial charge in [0, 0.05) is 32.7 Å². The van der Waals surface area contributed by atoms with E-state index < -0.39 is 0 Å². The first-order chi connectivity index (χ1) is 26.7. The van der Waals surface area contributed by atoms with Crippen LogP contribution in [0.5, 0.6) is 0 Å². The number of benzene rings is 8. The lowest BCUT2D eigenvalue weighted by atomic mass is 9.99. The van der Waals surface area contributed by atoms with Gasteiger partial charge in [0.2, 0.25) is 0 Å². The van der Waals surface area contributed by atoms with Crippen LogP contribution in [-0.4, -0.2) is 11.7 Å². The van der Waals surface area contributed by atoms with Crippen LogP contribution in [-0.2, 0) is 0 Å². The number of aliphatic imine (C=N–C) groups is 2. The van der Waals surface area contributed by atoms with Crippen molar-refractivity contribution in [2.45, 2.75) is 6.17 Å². The van der Waals surface area contributed by atoms with E-state index in [0.717, 1.165) is 88.5 Å². The van der Waals surface area contributed by atoms with Crippen molar-refractivity contribution in [3.63, 3.8) is 0 Å². The molecule has 1 atom stereocenters. The van der Waals surface area contributed by atoms with Crippen LogP contribution in [0.2, 0.25) is 0 Å². The number of amidine groups is 2. The number of rotatable bonds is 5. The van der Waals surface area contributed by atoms with Gasteiger partial charge in [-0.1, -0.05) is 133 Å². The summed E-state index contributed by atoms with van der Waals surface area (Å²) in [6.07, 6.45) is -0.358. The zero-order valence-electron chi connectivity index (χ0n) is 29.0. The van der Waals surface area contributed by atoms with Crippen molar-refractivity contribution in [1.29, 1.82) is 0 Å². The lowest BCUT2D eigenvalue weighted by molar-refractivity contribution is 0.668. The van der Waals surface area contributed by atoms with E-state index in [1.54, 1.807) is 0 Å². The molecule has 11 rings (SSSR count). The van der Waals surface area contributed by atoms with Gasteiger partial charge in [0.15, 0.2) is 5.84 Å². The molecule has 0 amide bonds. The number of hydrogen-bond donors (Lipinski definition) is 1. The molecular weight excluding hydrogens is 663 g/mol. The molecule has 1 N–H and O–H groups in total. The fourth-order valence-electron chi connectivity index (χ4n) is 7.81. The third kappa shape index (κ3) is 5.09. The molecule has 254 valence electrons. The first-order valence-electron chi connectivity index (χ1n) is 18.2. The summed E-state index contributed by atoms with van der Waals surface area (Å²) in [5.41, 5.74) is 10.8. The summed E-state index contributed by atoms with van der Waals surface area (Å²) in [4.78, 5) is 10.5. The van der Waals surface area contributed by atoms with Crippen molar-refractivity contribution in [3.8, 4) is 22.3 Å². The summed E-state index contributed by atoms with van der Waals surface area (Å²) >= 11 is 0. The highest BCUT2D eigenvalue weighted by Gasteiger charge is 2.24. The molecule has 5 nitrogen and oxygen atoms in total. The van der Waals surface area contributed by atoms with Crippen molar-refractivity contribution >= 4 is 66.3 Å². The summed E-state index contributed by atoms with van der Waals surface area (Å²) in [5, 5.41) is 10.2. The van der Waals surface area contributed by atoms with E-state index in [9.17, 15) is 0 Å². The first-order valence-corrected chi connectivity index (χ1v) is 18.2. The molecule has 54 heavy (non-hydrogen) atoms. The van der Waals surface area contributed by atoms with E-state index in [-0.39, 0.29) is 6.17 Å². The Labute approximate surface area is 310 Å². The topological polar surface area (TPSA) is 63.0 Å². The fourth-order valence-corrected chi connectivity index (χ4v) is 7.81. The van der Waals surface area contributed by atoms with Gasteiger partial charge < -0.3 is 14.2 Å². The van der Waals surface area contributed by atoms with Crippen LogP contribution in [0, 0.1) is 0 Å². The quantitative estimate of drug-likeness (QED) is 0.195. The van der Waals surface area contributed by atoms with E-state index in [0.29, 0.717) is 5.84 Å². The molecule has 8 aromatic carbocycles. The molecule has 0 aliphatic carbocycles. The molecule has 1 unspecified atom stereocenters. The molecule has 0 bridgehead atoms. The van der Waals surface area contributed by atoms with Crippen LogP contribution in [0.25, 0.3) is 76.9 Å². The number of nitrogens with zero attached hydrogens (tertiary/aromatic N) is 2. The second-order valence-corrected chi connectivity index (χ2v) is 13.8. The van der Waals surface area contributed by atoms with E-state index in [1.807, 2.05) is 36.4 Å². The van der Waals surface area contributed by atoms with E-state index >= 15 is 0 Å². The highest BCUT2D eigenvalue weighted by molar-refractivity contribution is 6.22. The van der Waals surface area contributed by atoms with Gasteiger partial charge in [-0.05, 0) is 81.1 Å². The monoisotopic (exact) mass is 693 g/mol. The minimum absolute atomic E-state index is 0.358. The largest absolute Gasteiger partial charge is 0.456 e. The number of para-hydroxylation sites is 1. The van der Waals surface area contributed by atoms with Gasteiger partial charge in [0.25, 0.3) is 0 Å². The van der Waals surface area contributed by atoms with Gasteiger partial charge >= 0.3 is 0 Å². The molecule has 0 spiro atoms. The minimum atomic E-state index is -0.358. The van der Waals surface area contributed by atoms with E-state index in [1.165, 1.54) is 10.9 Å². The van der Waals surface area contributed by atoms with Crippen molar-refractivity contribution < 1.29 is 8.83 Å². The van der Waals surface area contributed by atoms with Crippen LogP contribution in [0.15, 0.2) is 195 Å². The molecule has 0 saturated carbocycles. The molecule has 10 aromatic rings. The van der Waals surface area contributed by atoms with Crippen LogP contribution in [0.3, 0.4) is 0 Å². The normalized spacial score (nSPS) is 14.5. The van der Waals surface area contributed by atoms with Gasteiger partial charge in [-0.3, -0.25) is 0 Å². The Morgan fingerprint density at radius 1 is 0.426 bits per heavy atom. The Bertz CT molecular complexity index is 3130. The summed E-state index contributed by atoms with van der Waals surface area (Å²) in [6, 6.07) is 61.1. The van der Waals surface area contributed by atoms with Crippen molar-refractivity contribution in [2.24, 2.45) is 9.98 Å². The fraction of sp³-hybridized carbons (Fsp3) is 0.0204. The third-order valence-electron chi connectivity index (χ3n) is 10.5. The molecule has 1 aliphatic heterocycles. The average molecular weight is 694 g/mol. The number of hydrogen-bond acceptors (Lipinski definition) is 5. The zero-order valence-corrected chi connectivity index (χ0v) is 29.0. The van der Waals surface area contributed by atoms with Crippen LogP contribution >= 0.6 is 0 Å². The zero-order chi connectivity index (χ0) is 35.6. The lowest BCUT2D eigenvalue weighted by Gasteiger charge is -2.24. The second kappa shape index (κ2) is 12.2. The molecule has 0 saturated heterocycles. The van der Waals surface area contributed by atoms with Gasteiger partial charge in [-0.2, -0.15) is 0 Å². The lowest BCUT2D eigenvalue weighted by Crippen LogP contribution is -2.33. The Balaban J connectivity index is 1.05. The highest BCUT2D eigenvalue weighted by Crippen LogP contribution is 2.38. The van der Waals surface area contributed by atoms with Crippen LogP contribution in [0.1, 0.15) is 22.9 Å². The molecular formula is C49H31N3O2. The van der Waals surface area contributed by atoms with Crippen molar-refractivity contribution in [3.05, 3.63) is 193 Å². The number of furan rings is 2. The summed E-state index contributed by atoms with van der Waals surface area (Å²) in [7, 11) is 0. The van der Waals surface area contributed by atoms with Gasteiger partial charge in [0.1, 0.15) is 34.3 Å². The molecule has 2 aromatic heterocycles. The standard InChI is InChI=1S/C49H31N3O2/c1-2-9-30(10-3-1)32-17-20-33(21-18-32)47-50-48(37-22-19-31-11-4-5-12-34(31)27-37)52-49(51-47)40-14-8-16-44-46(40)41-28-35(24-26-43(41)53-44)36-23-25-39-38-13-6-7-15-42(38)54-45(39)29-36/h1-29,47H,(H,50,51,52). The Kier molecular flexibility index (Phi) is 6.85. The summed E-state index contributed by atoms with van der Waals surface area (Å²) in [6.45, 7) is 0. The maximum Gasteiger partial charge on any atom is 0.160 e. The van der Waals surface area contributed by atoms with E-state index in [4.69, 9.17) is 18.8 Å². The van der Waals surface area contributed by atoms with Crippen molar-refractivity contribution in [1.82, 2.24) is 5.32 Å². The Morgan fingerprint density at radius 3 is 2.00 bits per heavy atom. The summed E-state index contributed by atoms with van der Waals surface area (Å²) in [5.74, 6) is 1.42. The predicted molar refractivity (Wildman–Crippen MR) is 221 cm³/mol. The van der Waals surface area contributed by atoms with Gasteiger partial charge in [-0.25, -0.2) is 9.98 Å². The van der Waals surface area contributed by atoms with E-state index in [2.05, 4.69) is 145 Å². The molecule has 0 fully saturated rings. The second-order valence-electron chi connectivity index (χ2n) is 13.8. The molecule has 3 heterocycles. The molecule has 0 radical (unpaired) electrons. The molecule has 1 aliphatic rings. The van der Waals surface area contributed by atoms with Crippen LogP contribution in [0.4, 0.5) is 0 Å². The van der Waals surface area contributed by atoms with Gasteiger partial charge in [0.05, 0.1) is 0 Å². The van der Waals surface area contributed by atoms with Crippen LogP contribution < -0.4 is 5.32 Å². The summed E-state index contributed by atoms with van der Waals surface area (Å²) < 4.78 is 12.7. The average Bonchev–Trinajstić information content (AvgIpc) is 3.81. The SMILES string of the molecule is c1ccc(-c2ccc(C3N=C(c4cccc5oc6ccc(-c7ccc8c(c7)oc7ccccc78)cc6c45)N=C(c4ccc5ccccc5c4)N3)cc2)cc1.